The lowest BCUT2D eigenvalue weighted by Crippen LogP contribution is -2.47. The Labute approximate surface area is 182 Å². The fraction of sp³-hybridized carbons (Fsp3) is 0.522. The van der Waals surface area contributed by atoms with Crippen molar-refractivity contribution in [3.63, 3.8) is 0 Å². The van der Waals surface area contributed by atoms with Gasteiger partial charge in [-0.3, -0.25) is 4.90 Å². The summed E-state index contributed by atoms with van der Waals surface area (Å²) in [4.78, 5) is 11.2. The minimum Gasteiger partial charge on any atom is -0.383 e. The first-order chi connectivity index (χ1) is 15.0. The second kappa shape index (κ2) is 8.18. The van der Waals surface area contributed by atoms with Gasteiger partial charge in [-0.2, -0.15) is 5.10 Å². The number of anilines is 1. The van der Waals surface area contributed by atoms with E-state index in [2.05, 4.69) is 58.3 Å². The largest absolute Gasteiger partial charge is 0.383 e. The Morgan fingerprint density at radius 2 is 2.06 bits per heavy atom. The highest BCUT2D eigenvalue weighted by atomic mass is 16.5. The van der Waals surface area contributed by atoms with Crippen LogP contribution in [0.5, 0.6) is 0 Å². The molecule has 0 saturated carbocycles. The molecule has 2 aromatic heterocycles. The first kappa shape index (κ1) is 20.4. The van der Waals surface area contributed by atoms with E-state index in [1.165, 1.54) is 11.9 Å². The summed E-state index contributed by atoms with van der Waals surface area (Å²) in [6.45, 7) is 9.86. The van der Waals surface area contributed by atoms with Crippen LogP contribution >= 0.6 is 0 Å². The van der Waals surface area contributed by atoms with Gasteiger partial charge in [0, 0.05) is 31.7 Å². The van der Waals surface area contributed by atoms with Crippen molar-refractivity contribution in [2.45, 2.75) is 44.9 Å². The summed E-state index contributed by atoms with van der Waals surface area (Å²) in [6.07, 6.45) is 3.75. The standard InChI is InChI=1S/C23H31N7O/c1-23(2)14-29(10-11-31-23)13-16-5-7-17(8-6-16)20-19-21(24)26-15-27-22(19)30(28-20)18-4-3-9-25-12-18/h5-8,15,18,25H,3-4,9-14H2,1-2H3,(H2,24,26,27)/t18-/m1/s1. The first-order valence-electron chi connectivity index (χ1n) is 11.2. The Kier molecular flexibility index (Phi) is 5.37. The number of nitrogens with one attached hydrogen (secondary N) is 1. The monoisotopic (exact) mass is 421 g/mol. The summed E-state index contributed by atoms with van der Waals surface area (Å²) < 4.78 is 7.87. The lowest BCUT2D eigenvalue weighted by atomic mass is 10.0. The van der Waals surface area contributed by atoms with Crippen LogP contribution in [0.1, 0.15) is 38.3 Å². The van der Waals surface area contributed by atoms with Crippen molar-refractivity contribution < 1.29 is 4.74 Å². The summed E-state index contributed by atoms with van der Waals surface area (Å²) in [5.41, 5.74) is 10.2. The van der Waals surface area contributed by atoms with Crippen LogP contribution in [0.2, 0.25) is 0 Å². The molecule has 0 spiro atoms. The molecule has 3 N–H and O–H groups in total. The average molecular weight is 422 g/mol. The molecule has 0 amide bonds. The van der Waals surface area contributed by atoms with Gasteiger partial charge >= 0.3 is 0 Å². The molecule has 0 bridgehead atoms. The van der Waals surface area contributed by atoms with Crippen molar-refractivity contribution in [3.8, 4) is 11.3 Å². The number of ether oxygens (including phenoxy) is 1. The number of nitrogen functional groups attached to an aromatic ring is 1. The van der Waals surface area contributed by atoms with E-state index in [0.29, 0.717) is 5.82 Å². The van der Waals surface area contributed by atoms with Gasteiger partial charge in [-0.05, 0) is 38.8 Å². The molecule has 3 aromatic rings. The Bertz CT molecular complexity index is 1050. The highest BCUT2D eigenvalue weighted by molar-refractivity contribution is 5.98. The van der Waals surface area contributed by atoms with Crippen LogP contribution < -0.4 is 11.1 Å². The van der Waals surface area contributed by atoms with Crippen molar-refractivity contribution in [3.05, 3.63) is 36.2 Å². The van der Waals surface area contributed by atoms with E-state index in [9.17, 15) is 0 Å². The second-order valence-corrected chi connectivity index (χ2v) is 9.27. The number of piperidine rings is 1. The highest BCUT2D eigenvalue weighted by Crippen LogP contribution is 2.33. The molecule has 0 unspecified atom stereocenters. The Morgan fingerprint density at radius 3 is 2.81 bits per heavy atom. The van der Waals surface area contributed by atoms with Crippen molar-refractivity contribution in [1.82, 2.24) is 30.0 Å². The van der Waals surface area contributed by atoms with Gasteiger partial charge in [0.05, 0.1) is 23.6 Å². The molecule has 8 nitrogen and oxygen atoms in total. The number of hydrogen-bond donors (Lipinski definition) is 2. The predicted octanol–water partition coefficient (Wildman–Crippen LogP) is 2.61. The quantitative estimate of drug-likeness (QED) is 0.669. The van der Waals surface area contributed by atoms with E-state index in [1.807, 2.05) is 4.68 Å². The van der Waals surface area contributed by atoms with Crippen molar-refractivity contribution in [2.75, 3.05) is 38.5 Å². The Morgan fingerprint density at radius 1 is 1.23 bits per heavy atom. The second-order valence-electron chi connectivity index (χ2n) is 9.27. The van der Waals surface area contributed by atoms with E-state index < -0.39 is 0 Å². The molecule has 0 radical (unpaired) electrons. The molecule has 4 heterocycles. The number of morpholine rings is 1. The Balaban J connectivity index is 1.44. The maximum atomic E-state index is 6.28. The molecule has 1 atom stereocenters. The third-order valence-electron chi connectivity index (χ3n) is 6.27. The van der Waals surface area contributed by atoms with Crippen LogP contribution in [0.4, 0.5) is 5.82 Å². The average Bonchev–Trinajstić information content (AvgIpc) is 3.15. The van der Waals surface area contributed by atoms with Crippen LogP contribution in [0.15, 0.2) is 30.6 Å². The fourth-order valence-electron chi connectivity index (χ4n) is 4.77. The van der Waals surface area contributed by atoms with Crippen LogP contribution in [0.25, 0.3) is 22.3 Å². The number of benzene rings is 1. The maximum absolute atomic E-state index is 6.28. The molecule has 31 heavy (non-hydrogen) atoms. The fourth-order valence-corrected chi connectivity index (χ4v) is 4.77. The first-order valence-corrected chi connectivity index (χ1v) is 11.2. The minimum absolute atomic E-state index is 0.0879. The predicted molar refractivity (Wildman–Crippen MR) is 122 cm³/mol. The van der Waals surface area contributed by atoms with Crippen LogP contribution in [-0.4, -0.2) is 63.0 Å². The van der Waals surface area contributed by atoms with Crippen LogP contribution in [0, 0.1) is 0 Å². The van der Waals surface area contributed by atoms with E-state index in [0.717, 1.165) is 74.5 Å². The third kappa shape index (κ3) is 4.15. The summed E-state index contributed by atoms with van der Waals surface area (Å²) in [5, 5.41) is 9.28. The summed E-state index contributed by atoms with van der Waals surface area (Å²) in [7, 11) is 0. The molecular formula is C23H31N7O. The van der Waals surface area contributed by atoms with Gasteiger partial charge in [-0.15, -0.1) is 0 Å². The number of nitrogens with two attached hydrogens (primary N) is 1. The number of fused-ring (bicyclic) bond motifs is 1. The summed E-state index contributed by atoms with van der Waals surface area (Å²) >= 11 is 0. The topological polar surface area (TPSA) is 94.1 Å². The lowest BCUT2D eigenvalue weighted by molar-refractivity contribution is -0.0882. The molecule has 2 saturated heterocycles. The summed E-state index contributed by atoms with van der Waals surface area (Å²) in [5.74, 6) is 0.481. The van der Waals surface area contributed by atoms with Gasteiger partial charge in [0.15, 0.2) is 5.65 Å². The van der Waals surface area contributed by atoms with Gasteiger partial charge in [-0.25, -0.2) is 14.6 Å². The van der Waals surface area contributed by atoms with Crippen LogP contribution in [0.3, 0.4) is 0 Å². The van der Waals surface area contributed by atoms with Crippen molar-refractivity contribution >= 4 is 16.9 Å². The van der Waals surface area contributed by atoms with E-state index in [4.69, 9.17) is 15.6 Å². The highest BCUT2D eigenvalue weighted by Gasteiger charge is 2.27. The molecular weight excluding hydrogens is 390 g/mol. The van der Waals surface area contributed by atoms with Crippen molar-refractivity contribution in [2.24, 2.45) is 0 Å². The third-order valence-corrected chi connectivity index (χ3v) is 6.27. The Hall–Kier alpha value is -2.55. The minimum atomic E-state index is -0.0879. The van der Waals surface area contributed by atoms with Gasteiger partial charge in [0.25, 0.3) is 0 Å². The number of rotatable bonds is 4. The molecule has 8 heteroatoms. The van der Waals surface area contributed by atoms with Gasteiger partial charge < -0.3 is 15.8 Å². The zero-order valence-corrected chi connectivity index (χ0v) is 18.3. The van der Waals surface area contributed by atoms with Crippen molar-refractivity contribution in [1.29, 1.82) is 0 Å². The molecule has 0 aliphatic carbocycles. The maximum Gasteiger partial charge on any atom is 0.164 e. The molecule has 2 aliphatic rings. The molecule has 5 rings (SSSR count). The van der Waals surface area contributed by atoms with E-state index >= 15 is 0 Å². The molecule has 2 fully saturated rings. The van der Waals surface area contributed by atoms with Crippen LogP contribution in [-0.2, 0) is 11.3 Å². The molecule has 2 aliphatic heterocycles. The van der Waals surface area contributed by atoms with Gasteiger partial charge in [-0.1, -0.05) is 24.3 Å². The van der Waals surface area contributed by atoms with Gasteiger partial charge in [0.1, 0.15) is 17.8 Å². The zero-order valence-electron chi connectivity index (χ0n) is 18.3. The number of aromatic nitrogens is 4. The number of nitrogens with zero attached hydrogens (tertiary/aromatic N) is 5. The zero-order chi connectivity index (χ0) is 21.4. The normalized spacial score (nSPS) is 22.1. The lowest BCUT2D eigenvalue weighted by Gasteiger charge is -2.38. The number of hydrogen-bond acceptors (Lipinski definition) is 7. The SMILES string of the molecule is CC1(C)CN(Cc2ccc(-c3nn([C@@H]4CCCNC4)c4ncnc(N)c34)cc2)CCO1. The van der Waals surface area contributed by atoms with Gasteiger partial charge in [0.2, 0.25) is 0 Å². The summed E-state index contributed by atoms with van der Waals surface area (Å²) in [6, 6.07) is 8.93. The molecule has 1 aromatic carbocycles. The molecule has 164 valence electrons. The smallest absolute Gasteiger partial charge is 0.164 e. The van der Waals surface area contributed by atoms with E-state index in [1.54, 1.807) is 0 Å². The van der Waals surface area contributed by atoms with E-state index in [-0.39, 0.29) is 11.6 Å².